The van der Waals surface area contributed by atoms with Crippen molar-refractivity contribution in [3.05, 3.63) is 40.4 Å². The van der Waals surface area contributed by atoms with Crippen molar-refractivity contribution in [2.75, 3.05) is 7.11 Å². The lowest BCUT2D eigenvalue weighted by atomic mass is 10.1. The highest BCUT2D eigenvalue weighted by Crippen LogP contribution is 2.34. The normalized spacial score (nSPS) is 12.7. The molecule has 2 aromatic heterocycles. The van der Waals surface area contributed by atoms with E-state index in [4.69, 9.17) is 4.74 Å². The number of hydrogen-bond acceptors (Lipinski definition) is 4. The van der Waals surface area contributed by atoms with Crippen LogP contribution in [0.5, 0.6) is 5.75 Å². The van der Waals surface area contributed by atoms with Crippen molar-refractivity contribution in [2.24, 2.45) is 0 Å². The Kier molecular flexibility index (Phi) is 4.21. The standard InChI is InChI=1S/C13H16BrN3O2/c1-8(2)17-12(10(14)6-16-17)13(18)9-4-5-15-7-11(9)19-3/h4-8,13,18H,1-3H3. The number of aliphatic hydroxyl groups is 1. The second-order valence-corrected chi connectivity index (χ2v) is 5.29. The summed E-state index contributed by atoms with van der Waals surface area (Å²) in [7, 11) is 1.56. The highest BCUT2D eigenvalue weighted by atomic mass is 79.9. The topological polar surface area (TPSA) is 60.2 Å². The number of aromatic nitrogens is 3. The lowest BCUT2D eigenvalue weighted by Gasteiger charge is -2.18. The first-order valence-corrected chi connectivity index (χ1v) is 6.74. The highest BCUT2D eigenvalue weighted by molar-refractivity contribution is 9.10. The van der Waals surface area contributed by atoms with Crippen molar-refractivity contribution in [1.82, 2.24) is 14.8 Å². The number of rotatable bonds is 4. The van der Waals surface area contributed by atoms with Crippen LogP contribution in [-0.2, 0) is 0 Å². The average Bonchev–Trinajstić information content (AvgIpc) is 2.80. The summed E-state index contributed by atoms with van der Waals surface area (Å²) >= 11 is 3.43. The van der Waals surface area contributed by atoms with E-state index in [1.165, 1.54) is 0 Å². The van der Waals surface area contributed by atoms with Gasteiger partial charge in [0.1, 0.15) is 11.9 Å². The molecule has 19 heavy (non-hydrogen) atoms. The van der Waals surface area contributed by atoms with Crippen LogP contribution in [0.2, 0.25) is 0 Å². The molecule has 0 aliphatic carbocycles. The quantitative estimate of drug-likeness (QED) is 0.938. The fourth-order valence-electron chi connectivity index (χ4n) is 1.95. The Hall–Kier alpha value is -1.40. The summed E-state index contributed by atoms with van der Waals surface area (Å²) in [5, 5.41) is 14.9. The zero-order valence-corrected chi connectivity index (χ0v) is 12.6. The van der Waals surface area contributed by atoms with Gasteiger partial charge in [-0.15, -0.1) is 0 Å². The van der Waals surface area contributed by atoms with Gasteiger partial charge < -0.3 is 9.84 Å². The van der Waals surface area contributed by atoms with Gasteiger partial charge in [0, 0.05) is 17.8 Å². The van der Waals surface area contributed by atoms with E-state index in [9.17, 15) is 5.11 Å². The maximum absolute atomic E-state index is 10.6. The van der Waals surface area contributed by atoms with Gasteiger partial charge in [-0.25, -0.2) is 0 Å². The second kappa shape index (κ2) is 5.71. The second-order valence-electron chi connectivity index (χ2n) is 4.44. The van der Waals surface area contributed by atoms with E-state index in [1.54, 1.807) is 36.4 Å². The van der Waals surface area contributed by atoms with Crippen molar-refractivity contribution < 1.29 is 9.84 Å². The zero-order valence-electron chi connectivity index (χ0n) is 11.0. The molecule has 0 amide bonds. The molecular formula is C13H16BrN3O2. The first-order chi connectivity index (χ1) is 9.06. The molecule has 0 aromatic carbocycles. The Bertz CT molecular complexity index is 569. The number of pyridine rings is 1. The Balaban J connectivity index is 2.50. The Morgan fingerprint density at radius 2 is 2.11 bits per heavy atom. The van der Waals surface area contributed by atoms with Crippen molar-refractivity contribution in [2.45, 2.75) is 26.0 Å². The third-order valence-corrected chi connectivity index (χ3v) is 3.48. The van der Waals surface area contributed by atoms with E-state index in [1.807, 2.05) is 13.8 Å². The molecule has 102 valence electrons. The third kappa shape index (κ3) is 2.64. The number of aliphatic hydroxyl groups excluding tert-OH is 1. The van der Waals surface area contributed by atoms with Gasteiger partial charge in [0.15, 0.2) is 0 Å². The van der Waals surface area contributed by atoms with E-state index in [0.29, 0.717) is 17.0 Å². The van der Waals surface area contributed by atoms with E-state index in [-0.39, 0.29) is 6.04 Å². The van der Waals surface area contributed by atoms with Gasteiger partial charge in [-0.2, -0.15) is 5.10 Å². The minimum absolute atomic E-state index is 0.156. The zero-order chi connectivity index (χ0) is 14.0. The monoisotopic (exact) mass is 325 g/mol. The summed E-state index contributed by atoms with van der Waals surface area (Å²) in [6.07, 6.45) is 4.08. The van der Waals surface area contributed by atoms with E-state index >= 15 is 0 Å². The van der Waals surface area contributed by atoms with Crippen LogP contribution in [0.1, 0.15) is 37.3 Å². The molecule has 0 aliphatic rings. The van der Waals surface area contributed by atoms with Crippen LogP contribution in [0.4, 0.5) is 0 Å². The summed E-state index contributed by atoms with van der Waals surface area (Å²) in [5.74, 6) is 0.554. The SMILES string of the molecule is COc1cnccc1C(O)c1c(Br)cnn1C(C)C. The maximum Gasteiger partial charge on any atom is 0.143 e. The summed E-state index contributed by atoms with van der Waals surface area (Å²) in [4.78, 5) is 3.99. The van der Waals surface area contributed by atoms with Crippen LogP contribution in [0.15, 0.2) is 29.1 Å². The third-order valence-electron chi connectivity index (χ3n) is 2.87. The molecule has 0 aliphatic heterocycles. The largest absolute Gasteiger partial charge is 0.495 e. The maximum atomic E-state index is 10.6. The van der Waals surface area contributed by atoms with Gasteiger partial charge in [0.25, 0.3) is 0 Å². The van der Waals surface area contributed by atoms with Crippen molar-refractivity contribution in [3.63, 3.8) is 0 Å². The molecule has 2 heterocycles. The summed E-state index contributed by atoms with van der Waals surface area (Å²) in [6.45, 7) is 4.03. The van der Waals surface area contributed by atoms with Crippen LogP contribution in [0.3, 0.4) is 0 Å². The number of halogens is 1. The number of methoxy groups -OCH3 is 1. The van der Waals surface area contributed by atoms with Crippen molar-refractivity contribution in [3.8, 4) is 5.75 Å². The Morgan fingerprint density at radius 1 is 1.37 bits per heavy atom. The smallest absolute Gasteiger partial charge is 0.143 e. The summed E-state index contributed by atoms with van der Waals surface area (Å²) in [6, 6.07) is 1.90. The lowest BCUT2D eigenvalue weighted by Crippen LogP contribution is -2.13. The van der Waals surface area contributed by atoms with Crippen molar-refractivity contribution >= 4 is 15.9 Å². The summed E-state index contributed by atoms with van der Waals surface area (Å²) < 4.78 is 7.79. The lowest BCUT2D eigenvalue weighted by molar-refractivity contribution is 0.199. The van der Waals surface area contributed by atoms with E-state index < -0.39 is 6.10 Å². The molecule has 0 saturated carbocycles. The molecule has 6 heteroatoms. The Morgan fingerprint density at radius 3 is 2.74 bits per heavy atom. The molecule has 1 unspecified atom stereocenters. The van der Waals surface area contributed by atoms with Gasteiger partial charge in [-0.05, 0) is 35.8 Å². The minimum Gasteiger partial charge on any atom is -0.495 e. The molecule has 0 saturated heterocycles. The van der Waals surface area contributed by atoms with Gasteiger partial charge >= 0.3 is 0 Å². The number of hydrogen-bond donors (Lipinski definition) is 1. The van der Waals surface area contributed by atoms with Gasteiger partial charge in [-0.3, -0.25) is 9.67 Å². The summed E-state index contributed by atoms with van der Waals surface area (Å²) in [5.41, 5.74) is 1.38. The molecule has 0 fully saturated rings. The molecule has 0 bridgehead atoms. The van der Waals surface area contributed by atoms with Crippen molar-refractivity contribution in [1.29, 1.82) is 0 Å². The van der Waals surface area contributed by atoms with Crippen LogP contribution >= 0.6 is 15.9 Å². The molecular weight excluding hydrogens is 310 g/mol. The first-order valence-electron chi connectivity index (χ1n) is 5.95. The molecule has 0 radical (unpaired) electrons. The molecule has 2 aromatic rings. The highest BCUT2D eigenvalue weighted by Gasteiger charge is 2.23. The van der Waals surface area contributed by atoms with E-state index in [2.05, 4.69) is 26.0 Å². The minimum atomic E-state index is -0.822. The molecule has 2 rings (SSSR count). The molecule has 1 N–H and O–H groups in total. The Labute approximate surface area is 120 Å². The van der Waals surface area contributed by atoms with Crippen LogP contribution < -0.4 is 4.74 Å². The van der Waals surface area contributed by atoms with Crippen LogP contribution in [0, 0.1) is 0 Å². The molecule has 5 nitrogen and oxygen atoms in total. The predicted octanol–water partition coefficient (Wildman–Crippen LogP) is 2.71. The molecule has 1 atom stereocenters. The number of ether oxygens (including phenoxy) is 1. The van der Waals surface area contributed by atoms with Gasteiger partial charge in [0.2, 0.25) is 0 Å². The van der Waals surface area contributed by atoms with Crippen LogP contribution in [0.25, 0.3) is 0 Å². The predicted molar refractivity (Wildman–Crippen MR) is 75.2 cm³/mol. The number of nitrogens with zero attached hydrogens (tertiary/aromatic N) is 3. The first kappa shape index (κ1) is 14.0. The molecule has 0 spiro atoms. The average molecular weight is 326 g/mol. The van der Waals surface area contributed by atoms with Gasteiger partial charge in [-0.1, -0.05) is 0 Å². The van der Waals surface area contributed by atoms with Crippen LogP contribution in [-0.4, -0.2) is 27.0 Å². The van der Waals surface area contributed by atoms with Gasteiger partial charge in [0.05, 0.1) is 29.7 Å². The van der Waals surface area contributed by atoms with E-state index in [0.717, 1.165) is 4.47 Å². The fraction of sp³-hybridized carbons (Fsp3) is 0.385. The fourth-order valence-corrected chi connectivity index (χ4v) is 2.44.